The minimum Gasteiger partial charge on any atom is -0.463 e. The van der Waals surface area contributed by atoms with E-state index < -0.39 is 24.4 Å². The van der Waals surface area contributed by atoms with Crippen molar-refractivity contribution in [2.24, 2.45) is 5.92 Å². The zero-order chi connectivity index (χ0) is 20.5. The van der Waals surface area contributed by atoms with E-state index in [-0.39, 0.29) is 24.9 Å². The molecule has 4 rings (SSSR count). The molecule has 2 fully saturated rings. The number of rotatable bonds is 5. The molecule has 2 aromatic rings. The summed E-state index contributed by atoms with van der Waals surface area (Å²) >= 11 is 6.00. The molecule has 2 aromatic heterocycles. The highest BCUT2D eigenvalue weighted by molar-refractivity contribution is 6.29. The average molecular weight is 424 g/mol. The van der Waals surface area contributed by atoms with E-state index in [0.29, 0.717) is 11.0 Å². The molecule has 0 spiro atoms. The molecule has 2 aliphatic rings. The summed E-state index contributed by atoms with van der Waals surface area (Å²) in [6.07, 6.45) is 1.47. The second-order valence-corrected chi connectivity index (χ2v) is 8.32. The molecule has 0 aromatic carbocycles. The number of imidazole rings is 1. The van der Waals surface area contributed by atoms with Crippen molar-refractivity contribution in [3.8, 4) is 0 Å². The van der Waals surface area contributed by atoms with Crippen LogP contribution in [0.5, 0.6) is 0 Å². The van der Waals surface area contributed by atoms with E-state index in [9.17, 15) is 15.0 Å². The predicted molar refractivity (Wildman–Crippen MR) is 105 cm³/mol. The van der Waals surface area contributed by atoms with Gasteiger partial charge in [-0.25, -0.2) is 9.50 Å². The Labute approximate surface area is 173 Å². The van der Waals surface area contributed by atoms with Crippen molar-refractivity contribution in [1.82, 2.24) is 14.6 Å². The third kappa shape index (κ3) is 4.26. The van der Waals surface area contributed by atoms with Crippen molar-refractivity contribution < 1.29 is 24.5 Å². The zero-order valence-electron chi connectivity index (χ0n) is 16.3. The predicted octanol–water partition coefficient (Wildman–Crippen LogP) is 1.85. The Hall–Kier alpha value is -1.74. The maximum atomic E-state index is 12.2. The van der Waals surface area contributed by atoms with E-state index >= 15 is 0 Å². The molecule has 0 bridgehead atoms. The van der Waals surface area contributed by atoms with Gasteiger partial charge in [0, 0.05) is 6.42 Å². The van der Waals surface area contributed by atoms with Gasteiger partial charge in [0.05, 0.1) is 23.2 Å². The minimum atomic E-state index is -1.14. The van der Waals surface area contributed by atoms with E-state index in [1.165, 1.54) is 0 Å². The van der Waals surface area contributed by atoms with Crippen LogP contribution in [0.1, 0.15) is 43.6 Å². The Balaban J connectivity index is 1.40. The van der Waals surface area contributed by atoms with Crippen LogP contribution in [0.4, 0.5) is 0 Å². The van der Waals surface area contributed by atoms with E-state index in [1.54, 1.807) is 10.6 Å². The first kappa shape index (κ1) is 20.5. The van der Waals surface area contributed by atoms with Gasteiger partial charge in [-0.1, -0.05) is 30.9 Å². The van der Waals surface area contributed by atoms with Crippen molar-refractivity contribution in [2.75, 3.05) is 6.61 Å². The van der Waals surface area contributed by atoms with Crippen LogP contribution >= 0.6 is 11.6 Å². The third-order valence-electron chi connectivity index (χ3n) is 5.89. The standard InChI is InChI=1S/C20H26ClN3O5/c1-11-13-7-8-16(21)23-24(13)17(22-11)9-14-18(25)19(26)15(29-14)10-28-20(27)12-5-3-2-4-6-12/h7-8,12,14-15,18-19,25-26H,2-6,9-10H2,1H3/t14-,15+,18-,19+/m0/s1. The zero-order valence-corrected chi connectivity index (χ0v) is 17.1. The average Bonchev–Trinajstić information content (AvgIpc) is 3.17. The molecular formula is C20H26ClN3O5. The fraction of sp³-hybridized carbons (Fsp3) is 0.650. The number of fused-ring (bicyclic) bond motifs is 1. The highest BCUT2D eigenvalue weighted by Crippen LogP contribution is 2.27. The molecule has 1 aliphatic carbocycles. The first-order valence-electron chi connectivity index (χ1n) is 10.1. The van der Waals surface area contributed by atoms with Gasteiger partial charge in [0.2, 0.25) is 0 Å². The number of halogens is 1. The van der Waals surface area contributed by atoms with Crippen LogP contribution in [0.25, 0.3) is 5.52 Å². The van der Waals surface area contributed by atoms with E-state index in [4.69, 9.17) is 21.1 Å². The fourth-order valence-electron chi connectivity index (χ4n) is 4.23. The molecule has 4 atom stereocenters. The van der Waals surface area contributed by atoms with E-state index in [2.05, 4.69) is 10.1 Å². The number of aliphatic hydroxyl groups is 2. The number of nitrogens with zero attached hydrogens (tertiary/aromatic N) is 3. The Morgan fingerprint density at radius 2 is 1.97 bits per heavy atom. The molecule has 29 heavy (non-hydrogen) atoms. The van der Waals surface area contributed by atoms with Crippen molar-refractivity contribution in [1.29, 1.82) is 0 Å². The van der Waals surface area contributed by atoms with Gasteiger partial charge in [-0.2, -0.15) is 5.10 Å². The SMILES string of the molecule is Cc1nc(C[C@@H]2O[C@H](COC(=O)C3CCCCC3)[C@@H](O)[C@H]2O)n2nc(Cl)ccc12. The second kappa shape index (κ2) is 8.55. The highest BCUT2D eigenvalue weighted by atomic mass is 35.5. The lowest BCUT2D eigenvalue weighted by molar-refractivity contribution is -0.155. The maximum Gasteiger partial charge on any atom is 0.309 e. The lowest BCUT2D eigenvalue weighted by atomic mass is 9.89. The summed E-state index contributed by atoms with van der Waals surface area (Å²) < 4.78 is 12.8. The molecule has 0 amide bonds. The maximum absolute atomic E-state index is 12.2. The molecule has 0 unspecified atom stereocenters. The molecule has 1 aliphatic heterocycles. The Kier molecular flexibility index (Phi) is 6.06. The molecule has 8 nitrogen and oxygen atoms in total. The smallest absolute Gasteiger partial charge is 0.309 e. The topological polar surface area (TPSA) is 106 Å². The number of aliphatic hydroxyl groups excluding tert-OH is 2. The lowest BCUT2D eigenvalue weighted by Crippen LogP contribution is -2.36. The van der Waals surface area contributed by atoms with Crippen molar-refractivity contribution >= 4 is 23.1 Å². The van der Waals surface area contributed by atoms with Crippen LogP contribution in [0.3, 0.4) is 0 Å². The number of esters is 1. The summed E-state index contributed by atoms with van der Waals surface area (Å²) in [5.74, 6) is 0.265. The second-order valence-electron chi connectivity index (χ2n) is 7.93. The molecule has 158 valence electrons. The monoisotopic (exact) mass is 423 g/mol. The van der Waals surface area contributed by atoms with Gasteiger partial charge in [0.15, 0.2) is 0 Å². The molecule has 1 saturated carbocycles. The van der Waals surface area contributed by atoms with E-state index in [1.807, 2.05) is 13.0 Å². The fourth-order valence-corrected chi connectivity index (χ4v) is 4.37. The van der Waals surface area contributed by atoms with Crippen molar-refractivity contribution in [2.45, 2.75) is 69.9 Å². The van der Waals surface area contributed by atoms with Gasteiger partial charge in [0.25, 0.3) is 0 Å². The van der Waals surface area contributed by atoms with Gasteiger partial charge >= 0.3 is 5.97 Å². The number of carbonyl (C=O) groups excluding carboxylic acids is 1. The summed E-state index contributed by atoms with van der Waals surface area (Å²) in [6.45, 7) is 1.79. The van der Waals surface area contributed by atoms with Crippen LogP contribution < -0.4 is 0 Å². The van der Waals surface area contributed by atoms with Crippen LogP contribution in [-0.2, 0) is 20.7 Å². The summed E-state index contributed by atoms with van der Waals surface area (Å²) in [6, 6.07) is 3.52. The summed E-state index contributed by atoms with van der Waals surface area (Å²) in [5.41, 5.74) is 1.60. The number of aromatic nitrogens is 3. The van der Waals surface area contributed by atoms with Gasteiger partial charge in [0.1, 0.15) is 35.9 Å². The van der Waals surface area contributed by atoms with Crippen LogP contribution in [0, 0.1) is 12.8 Å². The van der Waals surface area contributed by atoms with Crippen LogP contribution in [0.15, 0.2) is 12.1 Å². The largest absolute Gasteiger partial charge is 0.463 e. The third-order valence-corrected chi connectivity index (χ3v) is 6.09. The molecule has 1 saturated heterocycles. The molecular weight excluding hydrogens is 398 g/mol. The van der Waals surface area contributed by atoms with Gasteiger partial charge in [-0.15, -0.1) is 0 Å². The van der Waals surface area contributed by atoms with Crippen molar-refractivity contribution in [3.05, 3.63) is 28.8 Å². The van der Waals surface area contributed by atoms with Gasteiger partial charge < -0.3 is 19.7 Å². The van der Waals surface area contributed by atoms with Crippen LogP contribution in [-0.4, -0.2) is 61.8 Å². The Morgan fingerprint density at radius 1 is 1.24 bits per heavy atom. The van der Waals surface area contributed by atoms with Crippen LogP contribution in [0.2, 0.25) is 5.15 Å². The molecule has 0 radical (unpaired) electrons. The normalized spacial score (nSPS) is 28.1. The first-order chi connectivity index (χ1) is 13.9. The number of aryl methyl sites for hydroxylation is 1. The number of hydrogen-bond acceptors (Lipinski definition) is 7. The Bertz CT molecular complexity index is 882. The highest BCUT2D eigenvalue weighted by Gasteiger charge is 2.44. The van der Waals surface area contributed by atoms with Gasteiger partial charge in [-0.05, 0) is 31.9 Å². The molecule has 9 heteroatoms. The number of hydrogen-bond donors (Lipinski definition) is 2. The lowest BCUT2D eigenvalue weighted by Gasteiger charge is -2.21. The minimum absolute atomic E-state index is 0.0712. The Morgan fingerprint density at radius 3 is 2.72 bits per heavy atom. The molecule has 3 heterocycles. The summed E-state index contributed by atoms with van der Waals surface area (Å²) in [5, 5.41) is 25.4. The summed E-state index contributed by atoms with van der Waals surface area (Å²) in [4.78, 5) is 16.7. The molecule has 2 N–H and O–H groups in total. The van der Waals surface area contributed by atoms with Gasteiger partial charge in [-0.3, -0.25) is 4.79 Å². The number of ether oxygens (including phenoxy) is 2. The summed E-state index contributed by atoms with van der Waals surface area (Å²) in [7, 11) is 0. The number of carbonyl (C=O) groups is 1. The van der Waals surface area contributed by atoms with Crippen molar-refractivity contribution in [3.63, 3.8) is 0 Å². The van der Waals surface area contributed by atoms with E-state index in [0.717, 1.165) is 43.3 Å². The first-order valence-corrected chi connectivity index (χ1v) is 10.5. The quantitative estimate of drug-likeness (QED) is 0.707.